The van der Waals surface area contributed by atoms with Crippen molar-refractivity contribution in [1.82, 2.24) is 0 Å². The van der Waals surface area contributed by atoms with Gasteiger partial charge in [-0.15, -0.1) is 0 Å². The molecule has 8 aliphatic rings. The monoisotopic (exact) mass is 1020 g/mol. The summed E-state index contributed by atoms with van der Waals surface area (Å²) in [5, 5.41) is 19.1. The molecule has 0 aromatic rings. The van der Waals surface area contributed by atoms with Gasteiger partial charge in [0, 0.05) is 6.61 Å². The summed E-state index contributed by atoms with van der Waals surface area (Å²) in [7, 11) is 0. The number of hydrogen-bond donors (Lipinski definition) is 2. The molecule has 3 heteroatoms. The SMILES string of the molecule is C.C.CC(C)C(O)C1CCCCC1.CC(C)C1CC1.CC(C)C1CCCC1.CC(C)C1CCCC1O.CC(C)C1CCCCC1.CC(C)C1CCCO1.CC(C)CC1CCCC1.CC(C)CC1CCCCC1. The number of aliphatic hydroxyl groups is 2. The van der Waals surface area contributed by atoms with Crippen molar-refractivity contribution >= 4 is 0 Å². The normalized spacial score (nSPS) is 24.5. The van der Waals surface area contributed by atoms with Crippen LogP contribution in [0.25, 0.3) is 0 Å². The lowest BCUT2D eigenvalue weighted by molar-refractivity contribution is 0.0463. The smallest absolute Gasteiger partial charge is 0.0598 e. The molecule has 1 heterocycles. The molecule has 0 aromatic heterocycles. The molecule has 7 saturated carbocycles. The summed E-state index contributed by atoms with van der Waals surface area (Å²) in [5.41, 5.74) is 0. The van der Waals surface area contributed by atoms with Crippen molar-refractivity contribution in [2.24, 2.45) is 88.8 Å². The maximum absolute atomic E-state index is 9.75. The summed E-state index contributed by atoms with van der Waals surface area (Å²) < 4.78 is 5.41. The highest BCUT2D eigenvalue weighted by Crippen LogP contribution is 2.36. The van der Waals surface area contributed by atoms with Crippen molar-refractivity contribution in [1.29, 1.82) is 0 Å². The molecule has 0 radical (unpaired) electrons. The van der Waals surface area contributed by atoms with E-state index >= 15 is 0 Å². The van der Waals surface area contributed by atoms with Crippen LogP contribution in [0.1, 0.15) is 331 Å². The van der Waals surface area contributed by atoms with Gasteiger partial charge in [0.15, 0.2) is 0 Å². The maximum atomic E-state index is 9.75. The zero-order valence-electron chi connectivity index (χ0n) is 51.0. The summed E-state index contributed by atoms with van der Waals surface area (Å²) in [5.74, 6) is 13.1. The van der Waals surface area contributed by atoms with Crippen LogP contribution in [-0.2, 0) is 4.74 Å². The predicted molar refractivity (Wildman–Crippen MR) is 326 cm³/mol. The fraction of sp³-hybridized carbons (Fsp3) is 1.00. The van der Waals surface area contributed by atoms with Crippen molar-refractivity contribution in [3.8, 4) is 0 Å². The van der Waals surface area contributed by atoms with Crippen LogP contribution in [0.15, 0.2) is 0 Å². The summed E-state index contributed by atoms with van der Waals surface area (Å²) >= 11 is 0. The molecule has 72 heavy (non-hydrogen) atoms. The third-order valence-electron chi connectivity index (χ3n) is 18.2. The Balaban J connectivity index is 0. The predicted octanol–water partition coefficient (Wildman–Crippen LogP) is 22.4. The van der Waals surface area contributed by atoms with E-state index < -0.39 is 0 Å². The van der Waals surface area contributed by atoms with Gasteiger partial charge in [-0.05, 0) is 153 Å². The lowest BCUT2D eigenvalue weighted by atomic mass is 9.81. The fourth-order valence-electron chi connectivity index (χ4n) is 13.1. The highest BCUT2D eigenvalue weighted by Gasteiger charge is 2.28. The summed E-state index contributed by atoms with van der Waals surface area (Å²) in [6.07, 6.45) is 46.0. The summed E-state index contributed by atoms with van der Waals surface area (Å²) in [6.45, 7) is 37.4. The van der Waals surface area contributed by atoms with Crippen LogP contribution >= 0.6 is 0 Å². The minimum Gasteiger partial charge on any atom is -0.393 e. The molecule has 2 N–H and O–H groups in total. The Labute approximate surface area is 457 Å². The third kappa shape index (κ3) is 37.6. The second-order valence-corrected chi connectivity index (χ2v) is 27.8. The summed E-state index contributed by atoms with van der Waals surface area (Å²) in [6, 6.07) is 0. The molecule has 7 aliphatic carbocycles. The Morgan fingerprint density at radius 1 is 0.347 bits per heavy atom. The minimum atomic E-state index is -0.0460. The van der Waals surface area contributed by atoms with Crippen molar-refractivity contribution in [2.45, 2.75) is 349 Å². The van der Waals surface area contributed by atoms with E-state index in [4.69, 9.17) is 4.74 Å². The van der Waals surface area contributed by atoms with Crippen LogP contribution in [0, 0.1) is 88.8 Å². The Bertz CT molecular complexity index is 1080. The van der Waals surface area contributed by atoms with E-state index in [9.17, 15) is 10.2 Å². The molecule has 0 spiro atoms. The Hall–Kier alpha value is -0.120. The van der Waals surface area contributed by atoms with E-state index in [0.29, 0.717) is 29.8 Å². The first kappa shape index (κ1) is 74.0. The van der Waals surface area contributed by atoms with Crippen molar-refractivity contribution in [3.05, 3.63) is 0 Å². The Kier molecular flexibility index (Phi) is 46.0. The number of aliphatic hydroxyl groups excluding tert-OH is 2. The molecule has 0 bridgehead atoms. The average Bonchev–Trinajstić information content (AvgIpc) is 3.85. The highest BCUT2D eigenvalue weighted by atomic mass is 16.5. The first-order valence-corrected chi connectivity index (χ1v) is 32.2. The second-order valence-electron chi connectivity index (χ2n) is 27.8. The van der Waals surface area contributed by atoms with E-state index in [2.05, 4.69) is 111 Å². The van der Waals surface area contributed by atoms with Crippen LogP contribution in [0.5, 0.6) is 0 Å². The second kappa shape index (κ2) is 44.8. The van der Waals surface area contributed by atoms with Gasteiger partial charge in [0.1, 0.15) is 0 Å². The van der Waals surface area contributed by atoms with Crippen LogP contribution in [-0.4, -0.2) is 35.1 Å². The van der Waals surface area contributed by atoms with Gasteiger partial charge in [0.05, 0.1) is 18.3 Å². The van der Waals surface area contributed by atoms with Gasteiger partial charge in [-0.2, -0.15) is 0 Å². The topological polar surface area (TPSA) is 49.7 Å². The first-order valence-electron chi connectivity index (χ1n) is 32.2. The average molecular weight is 1020 g/mol. The quantitative estimate of drug-likeness (QED) is 0.217. The molecule has 4 atom stereocenters. The van der Waals surface area contributed by atoms with Gasteiger partial charge < -0.3 is 14.9 Å². The van der Waals surface area contributed by atoms with Crippen molar-refractivity contribution < 1.29 is 14.9 Å². The minimum absolute atomic E-state index is 0. The van der Waals surface area contributed by atoms with E-state index in [1.807, 2.05) is 0 Å². The van der Waals surface area contributed by atoms with Crippen LogP contribution in [0.4, 0.5) is 0 Å². The molecule has 1 saturated heterocycles. The molecule has 1 aliphatic heterocycles. The lowest BCUT2D eigenvalue weighted by Crippen LogP contribution is -2.27. The highest BCUT2D eigenvalue weighted by molar-refractivity contribution is 4.79. The van der Waals surface area contributed by atoms with Gasteiger partial charge >= 0.3 is 0 Å². The third-order valence-corrected chi connectivity index (χ3v) is 18.2. The zero-order valence-corrected chi connectivity index (χ0v) is 51.0. The van der Waals surface area contributed by atoms with Gasteiger partial charge in [0.25, 0.3) is 0 Å². The maximum Gasteiger partial charge on any atom is 0.0598 e. The van der Waals surface area contributed by atoms with E-state index in [-0.39, 0.29) is 27.1 Å². The Morgan fingerprint density at radius 3 is 0.917 bits per heavy atom. The van der Waals surface area contributed by atoms with Crippen molar-refractivity contribution in [3.63, 3.8) is 0 Å². The fourth-order valence-corrected chi connectivity index (χ4v) is 13.1. The number of hydrogen-bond acceptors (Lipinski definition) is 3. The largest absolute Gasteiger partial charge is 0.393 e. The molecule has 0 amide bonds. The molecule has 8 fully saturated rings. The Morgan fingerprint density at radius 2 is 0.694 bits per heavy atom. The molecule has 4 unspecified atom stereocenters. The van der Waals surface area contributed by atoms with E-state index in [0.717, 1.165) is 78.1 Å². The molecule has 0 aromatic carbocycles. The molecule has 8 rings (SSSR count). The van der Waals surface area contributed by atoms with Crippen molar-refractivity contribution in [2.75, 3.05) is 6.61 Å². The number of rotatable bonds is 11. The van der Waals surface area contributed by atoms with Gasteiger partial charge in [-0.25, -0.2) is 0 Å². The summed E-state index contributed by atoms with van der Waals surface area (Å²) in [4.78, 5) is 0. The zero-order chi connectivity index (χ0) is 52.4. The van der Waals surface area contributed by atoms with Crippen LogP contribution in [0.2, 0.25) is 0 Å². The lowest BCUT2D eigenvalue weighted by Gasteiger charge is -2.28. The molecule has 436 valence electrons. The molecular formula is C69H142O3. The number of ether oxygens (including phenoxy) is 1. The first-order chi connectivity index (χ1) is 33.2. The van der Waals surface area contributed by atoms with E-state index in [1.54, 1.807) is 0 Å². The molecular weight excluding hydrogens is 877 g/mol. The van der Waals surface area contributed by atoms with Gasteiger partial charge in [-0.3, -0.25) is 0 Å². The standard InChI is InChI=1S/C10H20O.C10H20.2C9H18.C8H16O.C8H16.C7H14O.C6H12.2CH4/c1-8(2)10(11)9-6-4-3-5-7-9;1-9(2)8-10-6-4-3-5-7-10;1-8(2)7-9-5-3-4-6-9;1-8(2)9-6-4-3-5-7-9;1-6(2)7-4-3-5-8(7)9;1-7(2)8-5-3-4-6-8;1-6(2)7-4-3-5-8-7;1-5(2)6-3-4-6;;/h8-11H,3-7H2,1-2H3;9-10H,3-8H2,1-2H3;2*8-9H,3-7H2,1-2H3;6-9H,3-5H2,1-2H3;7-8H,3-6H2,1-2H3;6-7H,3-5H2,1-2H3;5-6H,3-4H2,1-2H3;2*1H4. The van der Waals surface area contributed by atoms with Crippen LogP contribution < -0.4 is 0 Å². The van der Waals surface area contributed by atoms with E-state index in [1.165, 1.54) is 199 Å². The van der Waals surface area contributed by atoms with Gasteiger partial charge in [0.2, 0.25) is 0 Å². The van der Waals surface area contributed by atoms with Crippen LogP contribution in [0.3, 0.4) is 0 Å². The van der Waals surface area contributed by atoms with Gasteiger partial charge in [-0.1, -0.05) is 267 Å². The molecule has 3 nitrogen and oxygen atoms in total.